The van der Waals surface area contributed by atoms with Crippen LogP contribution in [-0.2, 0) is 10.0 Å². The molecule has 2 N–H and O–H groups in total. The number of aromatic amines is 1. The van der Waals surface area contributed by atoms with Gasteiger partial charge in [-0.25, -0.2) is 9.97 Å². The third-order valence-corrected chi connectivity index (χ3v) is 7.48. The quantitative estimate of drug-likeness (QED) is 0.400. The van der Waals surface area contributed by atoms with Crippen LogP contribution < -0.4 is 9.46 Å². The molecule has 1 aliphatic heterocycles. The maximum absolute atomic E-state index is 12.6. The average molecular weight is 514 g/mol. The molecule has 4 aromatic rings. The van der Waals surface area contributed by atoms with Crippen LogP contribution in [0.15, 0.2) is 47.6 Å². The van der Waals surface area contributed by atoms with Crippen molar-refractivity contribution in [2.24, 2.45) is 0 Å². The summed E-state index contributed by atoms with van der Waals surface area (Å²) in [5, 5.41) is 8.09. The fourth-order valence-electron chi connectivity index (χ4n) is 3.95. The highest BCUT2D eigenvalue weighted by Gasteiger charge is 2.23. The molecule has 35 heavy (non-hydrogen) atoms. The zero-order valence-corrected chi connectivity index (χ0v) is 20.8. The van der Waals surface area contributed by atoms with E-state index in [1.165, 1.54) is 12.3 Å². The first-order chi connectivity index (χ1) is 16.8. The van der Waals surface area contributed by atoms with Crippen LogP contribution in [0.1, 0.15) is 18.5 Å². The number of pyridine rings is 1. The van der Waals surface area contributed by atoms with Crippen molar-refractivity contribution in [3.63, 3.8) is 0 Å². The van der Waals surface area contributed by atoms with Crippen molar-refractivity contribution in [1.82, 2.24) is 30.0 Å². The molecule has 0 atom stereocenters. The normalized spacial score (nSPS) is 15.4. The Labute approximate surface area is 207 Å². The maximum atomic E-state index is 12.6. The van der Waals surface area contributed by atoms with E-state index < -0.39 is 10.0 Å². The Kier molecular flexibility index (Phi) is 6.30. The number of nitrogens with one attached hydrogen (secondary N) is 2. The molecule has 3 aromatic heterocycles. The fourth-order valence-corrected chi connectivity index (χ4v) is 5.26. The number of sulfonamides is 1. The lowest BCUT2D eigenvalue weighted by atomic mass is 10.1. The molecule has 1 aromatic carbocycles. The summed E-state index contributed by atoms with van der Waals surface area (Å²) in [6, 6.07) is 9.52. The Morgan fingerprint density at radius 2 is 1.97 bits per heavy atom. The van der Waals surface area contributed by atoms with E-state index in [4.69, 9.17) is 21.3 Å². The molecular weight excluding hydrogens is 490 g/mol. The van der Waals surface area contributed by atoms with Crippen LogP contribution in [0.2, 0.25) is 5.02 Å². The first-order valence-electron chi connectivity index (χ1n) is 11.1. The standard InChI is InChI=1S/C23H24ClN7O3S/c1-14-20-22(29-28-14)26-21(27-23(20)34-16-8-11-31(2)12-9-16)15-6-7-18(17(24)13-15)30-35(32,33)19-5-3-4-10-25-19/h3-7,10,13,16,30H,8-9,11-12H2,1-2H3,(H,26,27,28,29). The molecule has 10 nitrogen and oxygen atoms in total. The van der Waals surface area contributed by atoms with Gasteiger partial charge in [0.25, 0.3) is 10.0 Å². The van der Waals surface area contributed by atoms with E-state index in [1.54, 1.807) is 30.3 Å². The summed E-state index contributed by atoms with van der Waals surface area (Å²) in [6.45, 7) is 3.82. The summed E-state index contributed by atoms with van der Waals surface area (Å²) >= 11 is 6.44. The van der Waals surface area contributed by atoms with Gasteiger partial charge in [0, 0.05) is 30.5 Å². The van der Waals surface area contributed by atoms with Crippen molar-refractivity contribution in [3.05, 3.63) is 53.3 Å². The Morgan fingerprint density at radius 3 is 2.69 bits per heavy atom. The van der Waals surface area contributed by atoms with E-state index in [0.29, 0.717) is 22.9 Å². The number of nitrogens with zero attached hydrogens (tertiary/aromatic N) is 5. The topological polar surface area (TPSA) is 126 Å². The highest BCUT2D eigenvalue weighted by atomic mass is 35.5. The number of likely N-dealkylation sites (tertiary alicyclic amines) is 1. The Bertz CT molecular complexity index is 1470. The number of halogens is 1. The van der Waals surface area contributed by atoms with Crippen LogP contribution in [0.3, 0.4) is 0 Å². The maximum Gasteiger partial charge on any atom is 0.279 e. The molecule has 5 rings (SSSR count). The van der Waals surface area contributed by atoms with Crippen molar-refractivity contribution in [1.29, 1.82) is 0 Å². The van der Waals surface area contributed by atoms with Crippen LogP contribution in [0.4, 0.5) is 5.69 Å². The van der Waals surface area contributed by atoms with Crippen molar-refractivity contribution in [2.45, 2.75) is 30.9 Å². The molecule has 0 unspecified atom stereocenters. The second kappa shape index (κ2) is 9.40. The number of H-pyrrole nitrogens is 1. The van der Waals surface area contributed by atoms with Gasteiger partial charge in [-0.3, -0.25) is 9.82 Å². The number of hydrogen-bond donors (Lipinski definition) is 2. The summed E-state index contributed by atoms with van der Waals surface area (Å²) in [5.41, 5.74) is 2.14. The zero-order chi connectivity index (χ0) is 24.6. The molecule has 12 heteroatoms. The van der Waals surface area contributed by atoms with Gasteiger partial charge in [-0.15, -0.1) is 0 Å². The third kappa shape index (κ3) is 4.93. The average Bonchev–Trinajstić information content (AvgIpc) is 3.23. The molecule has 1 saturated heterocycles. The fraction of sp³-hybridized carbons (Fsp3) is 0.304. The van der Waals surface area contributed by atoms with Crippen LogP contribution in [0.25, 0.3) is 22.4 Å². The van der Waals surface area contributed by atoms with Crippen LogP contribution >= 0.6 is 11.6 Å². The number of rotatable bonds is 6. The Hall–Kier alpha value is -3.28. The summed E-state index contributed by atoms with van der Waals surface area (Å²) in [6.07, 6.45) is 3.28. The molecule has 0 aliphatic carbocycles. The van der Waals surface area contributed by atoms with Gasteiger partial charge in [0.1, 0.15) is 11.5 Å². The largest absolute Gasteiger partial charge is 0.474 e. The van der Waals surface area contributed by atoms with E-state index >= 15 is 0 Å². The first-order valence-corrected chi connectivity index (χ1v) is 13.0. The number of anilines is 1. The second-order valence-corrected chi connectivity index (χ2v) is 10.5. The molecule has 0 bridgehead atoms. The Balaban J connectivity index is 1.46. The van der Waals surface area contributed by atoms with Crippen molar-refractivity contribution < 1.29 is 13.2 Å². The smallest absolute Gasteiger partial charge is 0.279 e. The SMILES string of the molecule is Cc1[nH]nc2nc(-c3ccc(NS(=O)(=O)c4ccccn4)c(Cl)c3)nc(OC3CCN(C)CC3)c12. The number of aromatic nitrogens is 5. The van der Waals surface area contributed by atoms with Gasteiger partial charge in [-0.1, -0.05) is 17.7 Å². The van der Waals surface area contributed by atoms with Gasteiger partial charge in [0.2, 0.25) is 5.88 Å². The monoisotopic (exact) mass is 513 g/mol. The number of piperidine rings is 1. The molecule has 0 spiro atoms. The second-order valence-electron chi connectivity index (χ2n) is 8.49. The molecular formula is C23H24ClN7O3S. The lowest BCUT2D eigenvalue weighted by Gasteiger charge is -2.29. The number of hydrogen-bond acceptors (Lipinski definition) is 8. The number of ether oxygens (including phenoxy) is 1. The van der Waals surface area contributed by atoms with Crippen molar-refractivity contribution in [3.8, 4) is 17.3 Å². The van der Waals surface area contributed by atoms with E-state index in [0.717, 1.165) is 37.0 Å². The van der Waals surface area contributed by atoms with E-state index in [1.807, 2.05) is 6.92 Å². The zero-order valence-electron chi connectivity index (χ0n) is 19.2. The minimum absolute atomic E-state index is 0.0541. The minimum Gasteiger partial charge on any atom is -0.474 e. The number of benzene rings is 1. The highest BCUT2D eigenvalue weighted by molar-refractivity contribution is 7.92. The predicted molar refractivity (Wildman–Crippen MR) is 133 cm³/mol. The van der Waals surface area contributed by atoms with Gasteiger partial charge < -0.3 is 9.64 Å². The summed E-state index contributed by atoms with van der Waals surface area (Å²) in [5.74, 6) is 0.856. The van der Waals surface area contributed by atoms with Gasteiger partial charge in [0.05, 0.1) is 10.7 Å². The molecule has 1 aliphatic rings. The van der Waals surface area contributed by atoms with Crippen LogP contribution in [0, 0.1) is 6.92 Å². The summed E-state index contributed by atoms with van der Waals surface area (Å²) in [4.78, 5) is 15.4. The predicted octanol–water partition coefficient (Wildman–Crippen LogP) is 3.65. The van der Waals surface area contributed by atoms with Gasteiger partial charge in [-0.2, -0.15) is 18.5 Å². The van der Waals surface area contributed by atoms with Crippen LogP contribution in [-0.4, -0.2) is 64.7 Å². The molecule has 1 fully saturated rings. The van der Waals surface area contributed by atoms with Crippen molar-refractivity contribution >= 4 is 38.3 Å². The third-order valence-electron chi connectivity index (χ3n) is 5.89. The number of aryl methyl sites for hydroxylation is 1. The molecule has 0 radical (unpaired) electrons. The van der Waals surface area contributed by atoms with E-state index in [9.17, 15) is 8.42 Å². The lowest BCUT2D eigenvalue weighted by Crippen LogP contribution is -2.35. The molecule has 0 amide bonds. The molecule has 182 valence electrons. The lowest BCUT2D eigenvalue weighted by molar-refractivity contribution is 0.111. The summed E-state index contributed by atoms with van der Waals surface area (Å²) < 4.78 is 34.0. The van der Waals surface area contributed by atoms with Crippen LogP contribution in [0.5, 0.6) is 5.88 Å². The van der Waals surface area contributed by atoms with Gasteiger partial charge >= 0.3 is 0 Å². The molecule has 4 heterocycles. The van der Waals surface area contributed by atoms with Crippen molar-refractivity contribution in [2.75, 3.05) is 24.9 Å². The molecule has 0 saturated carbocycles. The van der Waals surface area contributed by atoms with E-state index in [-0.39, 0.29) is 21.8 Å². The Morgan fingerprint density at radius 1 is 1.17 bits per heavy atom. The van der Waals surface area contributed by atoms with E-state index in [2.05, 4.69) is 36.8 Å². The number of fused-ring (bicyclic) bond motifs is 1. The highest BCUT2D eigenvalue weighted by Crippen LogP contribution is 2.33. The summed E-state index contributed by atoms with van der Waals surface area (Å²) in [7, 11) is -1.78. The van der Waals surface area contributed by atoms with Gasteiger partial charge in [-0.05, 0) is 57.1 Å². The van der Waals surface area contributed by atoms with Gasteiger partial charge in [0.15, 0.2) is 16.5 Å². The first kappa shape index (κ1) is 23.5. The minimum atomic E-state index is -3.88.